The van der Waals surface area contributed by atoms with Crippen LogP contribution in [-0.4, -0.2) is 38.6 Å². The number of hydrogen-bond donors (Lipinski definition) is 2. The van der Waals surface area contributed by atoms with Crippen LogP contribution in [0.25, 0.3) is 0 Å². The number of furan rings is 1. The highest BCUT2D eigenvalue weighted by atomic mass is 127. The molecule has 22 heavy (non-hydrogen) atoms. The summed E-state index contributed by atoms with van der Waals surface area (Å²) < 4.78 is 5.29. The van der Waals surface area contributed by atoms with Crippen LogP contribution in [0.5, 0.6) is 0 Å². The van der Waals surface area contributed by atoms with E-state index < -0.39 is 0 Å². The van der Waals surface area contributed by atoms with Gasteiger partial charge in [0.05, 0.1) is 18.5 Å². The van der Waals surface area contributed by atoms with Gasteiger partial charge < -0.3 is 20.0 Å². The molecule has 0 bridgehead atoms. The number of hydrogen-bond acceptors (Lipinski definition) is 5. The van der Waals surface area contributed by atoms with Gasteiger partial charge in [-0.25, -0.2) is 4.98 Å². The van der Waals surface area contributed by atoms with Crippen LogP contribution in [0.1, 0.15) is 11.5 Å². The maximum atomic E-state index is 5.29. The lowest BCUT2D eigenvalue weighted by Crippen LogP contribution is -2.37. The molecule has 2 rings (SSSR count). The highest BCUT2D eigenvalue weighted by Gasteiger charge is 2.05. The summed E-state index contributed by atoms with van der Waals surface area (Å²) in [4.78, 5) is 10.7. The summed E-state index contributed by atoms with van der Waals surface area (Å²) in [6, 6.07) is 3.86. The number of anilines is 1. The lowest BCUT2D eigenvalue weighted by atomic mass is 10.3. The first-order valence-corrected chi connectivity index (χ1v) is 7.65. The van der Waals surface area contributed by atoms with Crippen molar-refractivity contribution in [1.29, 1.82) is 0 Å². The summed E-state index contributed by atoms with van der Waals surface area (Å²) in [6.45, 7) is 1.43. The van der Waals surface area contributed by atoms with Gasteiger partial charge in [-0.15, -0.1) is 35.3 Å². The fourth-order valence-electron chi connectivity index (χ4n) is 1.74. The molecule has 0 radical (unpaired) electrons. The Morgan fingerprint density at radius 1 is 1.41 bits per heavy atom. The van der Waals surface area contributed by atoms with Crippen molar-refractivity contribution in [3.63, 3.8) is 0 Å². The molecule has 0 fully saturated rings. The van der Waals surface area contributed by atoms with Crippen LogP contribution in [0.4, 0.5) is 5.13 Å². The molecule has 0 atom stereocenters. The zero-order valence-corrected chi connectivity index (χ0v) is 16.1. The van der Waals surface area contributed by atoms with Crippen LogP contribution >= 0.6 is 35.3 Å². The van der Waals surface area contributed by atoms with Crippen LogP contribution in [0.3, 0.4) is 0 Å². The molecule has 122 valence electrons. The van der Waals surface area contributed by atoms with Crippen molar-refractivity contribution in [2.45, 2.75) is 13.0 Å². The Bertz CT molecular complexity index is 568. The molecule has 0 unspecified atom stereocenters. The van der Waals surface area contributed by atoms with E-state index in [0.717, 1.165) is 35.5 Å². The van der Waals surface area contributed by atoms with E-state index in [0.29, 0.717) is 6.54 Å². The first-order chi connectivity index (χ1) is 10.2. The van der Waals surface area contributed by atoms with Gasteiger partial charge in [-0.05, 0) is 12.1 Å². The molecular formula is C14H22IN5OS. The molecule has 0 saturated heterocycles. The van der Waals surface area contributed by atoms with Gasteiger partial charge in [0.25, 0.3) is 0 Å². The topological polar surface area (TPSA) is 65.7 Å². The Morgan fingerprint density at radius 3 is 2.82 bits per heavy atom. The van der Waals surface area contributed by atoms with Crippen molar-refractivity contribution in [3.8, 4) is 0 Å². The zero-order chi connectivity index (χ0) is 15.1. The third kappa shape index (κ3) is 5.84. The van der Waals surface area contributed by atoms with Gasteiger partial charge in [0.1, 0.15) is 5.76 Å². The van der Waals surface area contributed by atoms with Gasteiger partial charge in [-0.1, -0.05) is 0 Å². The molecular weight excluding hydrogens is 413 g/mol. The second-order valence-corrected chi connectivity index (χ2v) is 5.53. The third-order valence-corrected chi connectivity index (χ3v) is 3.88. The minimum Gasteiger partial charge on any atom is -0.469 e. The molecule has 0 aromatic carbocycles. The summed E-state index contributed by atoms with van der Waals surface area (Å²) in [7, 11) is 5.74. The minimum absolute atomic E-state index is 0. The molecule has 0 spiro atoms. The molecule has 8 heteroatoms. The van der Waals surface area contributed by atoms with Crippen LogP contribution in [0, 0.1) is 0 Å². The number of halogens is 1. The van der Waals surface area contributed by atoms with E-state index in [-0.39, 0.29) is 24.0 Å². The second kappa shape index (κ2) is 9.67. The average molecular weight is 435 g/mol. The van der Waals surface area contributed by atoms with Gasteiger partial charge in [0, 0.05) is 39.5 Å². The largest absolute Gasteiger partial charge is 0.469 e. The maximum absolute atomic E-state index is 5.29. The van der Waals surface area contributed by atoms with Crippen LogP contribution in [-0.2, 0) is 13.0 Å². The van der Waals surface area contributed by atoms with Crippen molar-refractivity contribution in [3.05, 3.63) is 35.2 Å². The minimum atomic E-state index is 0. The highest BCUT2D eigenvalue weighted by molar-refractivity contribution is 14.0. The normalized spacial score (nSPS) is 11.0. The summed E-state index contributed by atoms with van der Waals surface area (Å²) in [5.74, 6) is 1.73. The van der Waals surface area contributed by atoms with E-state index in [1.807, 2.05) is 31.1 Å². The van der Waals surface area contributed by atoms with E-state index in [9.17, 15) is 0 Å². The van der Waals surface area contributed by atoms with E-state index in [4.69, 9.17) is 4.42 Å². The van der Waals surface area contributed by atoms with Crippen LogP contribution in [0.2, 0.25) is 0 Å². The number of nitrogens with zero attached hydrogens (tertiary/aromatic N) is 3. The number of nitrogens with one attached hydrogen (secondary N) is 2. The van der Waals surface area contributed by atoms with E-state index in [1.54, 1.807) is 24.6 Å². The molecule has 0 amide bonds. The van der Waals surface area contributed by atoms with Crippen molar-refractivity contribution in [2.75, 3.05) is 32.6 Å². The molecule has 2 heterocycles. The number of thiazole rings is 1. The van der Waals surface area contributed by atoms with Crippen molar-refractivity contribution in [2.24, 2.45) is 4.99 Å². The van der Waals surface area contributed by atoms with Gasteiger partial charge >= 0.3 is 0 Å². The summed E-state index contributed by atoms with van der Waals surface area (Å²) in [5.41, 5.74) is 1.01. The van der Waals surface area contributed by atoms with Crippen molar-refractivity contribution in [1.82, 2.24) is 15.6 Å². The highest BCUT2D eigenvalue weighted by Crippen LogP contribution is 2.17. The second-order valence-electron chi connectivity index (χ2n) is 4.70. The summed E-state index contributed by atoms with van der Waals surface area (Å²) >= 11 is 1.64. The fourth-order valence-corrected chi connectivity index (χ4v) is 2.49. The third-order valence-electron chi connectivity index (χ3n) is 2.83. The zero-order valence-electron chi connectivity index (χ0n) is 13.0. The smallest absolute Gasteiger partial charge is 0.191 e. The molecule has 0 aliphatic carbocycles. The molecule has 2 aromatic heterocycles. The van der Waals surface area contributed by atoms with Gasteiger partial charge in [-0.2, -0.15) is 0 Å². The molecule has 6 nitrogen and oxygen atoms in total. The Balaban J connectivity index is 0.00000242. The van der Waals surface area contributed by atoms with E-state index in [2.05, 4.69) is 26.0 Å². The van der Waals surface area contributed by atoms with Gasteiger partial charge in [0.2, 0.25) is 0 Å². The van der Waals surface area contributed by atoms with Crippen molar-refractivity contribution < 1.29 is 4.42 Å². The number of aliphatic imine (C=N–C) groups is 1. The lowest BCUT2D eigenvalue weighted by molar-refractivity contribution is 0.507. The lowest BCUT2D eigenvalue weighted by Gasteiger charge is -2.10. The van der Waals surface area contributed by atoms with Crippen molar-refractivity contribution >= 4 is 46.4 Å². The first-order valence-electron chi connectivity index (χ1n) is 6.77. The quantitative estimate of drug-likeness (QED) is 0.414. The summed E-state index contributed by atoms with van der Waals surface area (Å²) in [6.07, 6.45) is 2.52. The predicted octanol–water partition coefficient (Wildman–Crippen LogP) is 2.33. The Morgan fingerprint density at radius 2 is 2.23 bits per heavy atom. The fraction of sp³-hybridized carbons (Fsp3) is 0.429. The Kier molecular flexibility index (Phi) is 8.25. The van der Waals surface area contributed by atoms with Gasteiger partial charge in [-0.3, -0.25) is 4.99 Å². The molecule has 0 aliphatic heterocycles. The van der Waals surface area contributed by atoms with Crippen LogP contribution in [0.15, 0.2) is 33.2 Å². The predicted molar refractivity (Wildman–Crippen MR) is 102 cm³/mol. The first kappa shape index (κ1) is 18.8. The van der Waals surface area contributed by atoms with E-state index in [1.165, 1.54) is 0 Å². The average Bonchev–Trinajstić information content (AvgIpc) is 3.13. The van der Waals surface area contributed by atoms with Gasteiger partial charge in [0.15, 0.2) is 11.1 Å². The number of aromatic nitrogens is 1. The SMILES string of the molecule is CN=C(NCCc1ccco1)NCc1csc(N(C)C)n1.I. The molecule has 0 saturated carbocycles. The van der Waals surface area contributed by atoms with E-state index >= 15 is 0 Å². The Labute approximate surface area is 152 Å². The molecule has 2 N–H and O–H groups in total. The standard InChI is InChI=1S/C14H21N5OS.HI/c1-15-13(16-7-6-12-5-4-8-20-12)17-9-11-10-21-14(18-11)19(2)3;/h4-5,8,10H,6-7,9H2,1-3H3,(H2,15,16,17);1H. The van der Waals surface area contributed by atoms with Crippen LogP contribution < -0.4 is 15.5 Å². The monoisotopic (exact) mass is 435 g/mol. The number of rotatable bonds is 6. The maximum Gasteiger partial charge on any atom is 0.191 e. The number of guanidine groups is 1. The molecule has 2 aromatic rings. The molecule has 0 aliphatic rings. The Hall–Kier alpha value is -1.29. The summed E-state index contributed by atoms with van der Waals surface area (Å²) in [5, 5.41) is 9.56.